The van der Waals surface area contributed by atoms with Gasteiger partial charge in [0.05, 0.1) is 0 Å². The lowest BCUT2D eigenvalue weighted by Crippen LogP contribution is -2.30. The molecule has 0 saturated heterocycles. The van der Waals surface area contributed by atoms with Gasteiger partial charge in [-0.25, -0.2) is 0 Å². The highest BCUT2D eigenvalue weighted by molar-refractivity contribution is 5.96. The third-order valence-corrected chi connectivity index (χ3v) is 3.83. The van der Waals surface area contributed by atoms with Gasteiger partial charge in [0.15, 0.2) is 6.10 Å². The molecule has 0 saturated carbocycles. The lowest BCUT2D eigenvalue weighted by molar-refractivity contribution is -0.122. The Balaban J connectivity index is 2.01. The van der Waals surface area contributed by atoms with Gasteiger partial charge < -0.3 is 15.4 Å². The van der Waals surface area contributed by atoms with Crippen molar-refractivity contribution in [2.75, 3.05) is 10.6 Å². The van der Waals surface area contributed by atoms with Gasteiger partial charge in [0.2, 0.25) is 5.91 Å². The van der Waals surface area contributed by atoms with Gasteiger partial charge in [0, 0.05) is 18.3 Å². The van der Waals surface area contributed by atoms with E-state index in [1.165, 1.54) is 12.5 Å². The molecule has 0 aromatic heterocycles. The Morgan fingerprint density at radius 3 is 2.36 bits per heavy atom. The van der Waals surface area contributed by atoms with Crippen molar-refractivity contribution in [2.45, 2.75) is 40.2 Å². The Bertz CT molecular complexity index is 754. The summed E-state index contributed by atoms with van der Waals surface area (Å²) in [5.74, 6) is 0.249. The Morgan fingerprint density at radius 2 is 1.76 bits per heavy atom. The van der Waals surface area contributed by atoms with E-state index in [0.29, 0.717) is 17.1 Å². The van der Waals surface area contributed by atoms with Crippen molar-refractivity contribution < 1.29 is 14.3 Å². The van der Waals surface area contributed by atoms with Crippen LogP contribution in [0.2, 0.25) is 0 Å². The van der Waals surface area contributed by atoms with E-state index in [9.17, 15) is 9.59 Å². The fourth-order valence-electron chi connectivity index (χ4n) is 2.33. The molecule has 2 aromatic rings. The lowest BCUT2D eigenvalue weighted by atomic mass is 10.1. The van der Waals surface area contributed by atoms with E-state index >= 15 is 0 Å². The average molecular weight is 340 g/mol. The van der Waals surface area contributed by atoms with Crippen LogP contribution in [0, 0.1) is 6.92 Å². The standard InChI is InChI=1S/C20H24N2O3/c1-5-16-7-10-18(11-8-16)25-14(3)20(24)22-17-9-6-13(2)19(12-17)21-15(4)23/h6-12,14H,5H2,1-4H3,(H,21,23)(H,22,24). The number of rotatable bonds is 6. The zero-order valence-electron chi connectivity index (χ0n) is 15.1. The second-order valence-corrected chi connectivity index (χ2v) is 5.96. The maximum absolute atomic E-state index is 12.3. The maximum atomic E-state index is 12.3. The summed E-state index contributed by atoms with van der Waals surface area (Å²) >= 11 is 0. The summed E-state index contributed by atoms with van der Waals surface area (Å²) in [7, 11) is 0. The topological polar surface area (TPSA) is 67.4 Å². The number of benzene rings is 2. The van der Waals surface area contributed by atoms with Gasteiger partial charge in [-0.2, -0.15) is 0 Å². The molecule has 5 nitrogen and oxygen atoms in total. The third kappa shape index (κ3) is 5.35. The Hall–Kier alpha value is -2.82. The second kappa shape index (κ2) is 8.33. The van der Waals surface area contributed by atoms with Crippen molar-refractivity contribution in [1.82, 2.24) is 0 Å². The van der Waals surface area contributed by atoms with E-state index in [1.54, 1.807) is 19.1 Å². The molecule has 0 aliphatic heterocycles. The predicted molar refractivity (Wildman–Crippen MR) is 100 cm³/mol. The van der Waals surface area contributed by atoms with E-state index in [1.807, 2.05) is 37.3 Å². The third-order valence-electron chi connectivity index (χ3n) is 3.83. The van der Waals surface area contributed by atoms with Crippen molar-refractivity contribution in [3.05, 3.63) is 53.6 Å². The SMILES string of the molecule is CCc1ccc(OC(C)C(=O)Nc2ccc(C)c(NC(C)=O)c2)cc1. The maximum Gasteiger partial charge on any atom is 0.265 e. The van der Waals surface area contributed by atoms with E-state index in [-0.39, 0.29) is 11.8 Å². The fourth-order valence-corrected chi connectivity index (χ4v) is 2.33. The molecule has 25 heavy (non-hydrogen) atoms. The molecule has 2 N–H and O–H groups in total. The van der Waals surface area contributed by atoms with Gasteiger partial charge in [-0.15, -0.1) is 0 Å². The van der Waals surface area contributed by atoms with Crippen molar-refractivity contribution in [2.24, 2.45) is 0 Å². The number of nitrogens with one attached hydrogen (secondary N) is 2. The number of ether oxygens (including phenoxy) is 1. The molecule has 2 aromatic carbocycles. The zero-order chi connectivity index (χ0) is 18.4. The average Bonchev–Trinajstić information content (AvgIpc) is 2.58. The zero-order valence-corrected chi connectivity index (χ0v) is 15.1. The summed E-state index contributed by atoms with van der Waals surface area (Å²) in [4.78, 5) is 23.6. The predicted octanol–water partition coefficient (Wildman–Crippen LogP) is 3.92. The van der Waals surface area contributed by atoms with Crippen molar-refractivity contribution in [3.63, 3.8) is 0 Å². The number of amides is 2. The molecule has 1 atom stereocenters. The van der Waals surface area contributed by atoms with E-state index < -0.39 is 6.10 Å². The van der Waals surface area contributed by atoms with Crippen LogP contribution in [0.5, 0.6) is 5.75 Å². The van der Waals surface area contributed by atoms with Crippen LogP contribution < -0.4 is 15.4 Å². The Labute approximate surface area is 148 Å². The van der Waals surface area contributed by atoms with Gasteiger partial charge in [-0.1, -0.05) is 25.1 Å². The van der Waals surface area contributed by atoms with Crippen LogP contribution >= 0.6 is 0 Å². The summed E-state index contributed by atoms with van der Waals surface area (Å²) in [6.07, 6.45) is 0.318. The quantitative estimate of drug-likeness (QED) is 0.837. The van der Waals surface area contributed by atoms with Gasteiger partial charge in [0.1, 0.15) is 5.75 Å². The van der Waals surface area contributed by atoms with Crippen LogP contribution in [0.4, 0.5) is 11.4 Å². The molecule has 0 heterocycles. The minimum atomic E-state index is -0.641. The van der Waals surface area contributed by atoms with Crippen molar-refractivity contribution >= 4 is 23.2 Å². The number of hydrogen-bond donors (Lipinski definition) is 2. The highest BCUT2D eigenvalue weighted by Gasteiger charge is 2.15. The smallest absolute Gasteiger partial charge is 0.265 e. The lowest BCUT2D eigenvalue weighted by Gasteiger charge is -2.16. The first kappa shape index (κ1) is 18.5. The molecule has 1 unspecified atom stereocenters. The summed E-state index contributed by atoms with van der Waals surface area (Å²) in [6, 6.07) is 13.1. The molecular weight excluding hydrogens is 316 g/mol. The molecule has 132 valence electrons. The molecule has 0 aliphatic carbocycles. The molecule has 2 amide bonds. The molecule has 0 aliphatic rings. The molecule has 2 rings (SSSR count). The molecule has 0 spiro atoms. The number of anilines is 2. The van der Waals surface area contributed by atoms with Crippen LogP contribution in [-0.4, -0.2) is 17.9 Å². The van der Waals surface area contributed by atoms with E-state index in [0.717, 1.165) is 12.0 Å². The Morgan fingerprint density at radius 1 is 1.08 bits per heavy atom. The minimum absolute atomic E-state index is 0.154. The highest BCUT2D eigenvalue weighted by Crippen LogP contribution is 2.21. The number of hydrogen-bond acceptors (Lipinski definition) is 3. The first-order valence-corrected chi connectivity index (χ1v) is 8.33. The van der Waals surface area contributed by atoms with E-state index in [4.69, 9.17) is 4.74 Å². The minimum Gasteiger partial charge on any atom is -0.481 e. The molecule has 0 radical (unpaired) electrons. The van der Waals surface area contributed by atoms with Gasteiger partial charge in [0.25, 0.3) is 5.91 Å². The molecule has 5 heteroatoms. The molecule has 0 fully saturated rings. The van der Waals surface area contributed by atoms with Crippen LogP contribution in [-0.2, 0) is 16.0 Å². The van der Waals surface area contributed by atoms with Gasteiger partial charge in [-0.05, 0) is 55.7 Å². The van der Waals surface area contributed by atoms with E-state index in [2.05, 4.69) is 17.6 Å². The van der Waals surface area contributed by atoms with Crippen LogP contribution in [0.15, 0.2) is 42.5 Å². The van der Waals surface area contributed by atoms with Crippen molar-refractivity contribution in [3.8, 4) is 5.75 Å². The first-order chi connectivity index (χ1) is 11.9. The van der Waals surface area contributed by atoms with Crippen LogP contribution in [0.1, 0.15) is 31.9 Å². The summed E-state index contributed by atoms with van der Waals surface area (Å²) in [5, 5.41) is 5.56. The van der Waals surface area contributed by atoms with Gasteiger partial charge in [-0.3, -0.25) is 9.59 Å². The summed E-state index contributed by atoms with van der Waals surface area (Å²) < 4.78 is 5.68. The number of aryl methyl sites for hydroxylation is 2. The normalized spacial score (nSPS) is 11.5. The van der Waals surface area contributed by atoms with Gasteiger partial charge >= 0.3 is 0 Å². The summed E-state index contributed by atoms with van der Waals surface area (Å²) in [5.41, 5.74) is 3.42. The Kier molecular flexibility index (Phi) is 6.17. The fraction of sp³-hybridized carbons (Fsp3) is 0.300. The van der Waals surface area contributed by atoms with Crippen LogP contribution in [0.25, 0.3) is 0 Å². The number of carbonyl (C=O) groups excluding carboxylic acids is 2. The molecular formula is C20H24N2O3. The largest absolute Gasteiger partial charge is 0.481 e. The first-order valence-electron chi connectivity index (χ1n) is 8.33. The molecule has 0 bridgehead atoms. The second-order valence-electron chi connectivity index (χ2n) is 5.96. The highest BCUT2D eigenvalue weighted by atomic mass is 16.5. The number of carbonyl (C=O) groups is 2. The van der Waals surface area contributed by atoms with Crippen LogP contribution in [0.3, 0.4) is 0 Å². The monoisotopic (exact) mass is 340 g/mol. The van der Waals surface area contributed by atoms with Crippen molar-refractivity contribution in [1.29, 1.82) is 0 Å². The summed E-state index contributed by atoms with van der Waals surface area (Å²) in [6.45, 7) is 7.13.